The number of aliphatic hydroxyl groups excluding tert-OH is 1. The van der Waals surface area contributed by atoms with Gasteiger partial charge in [-0.05, 0) is 59.1 Å². The van der Waals surface area contributed by atoms with Crippen molar-refractivity contribution in [2.45, 2.75) is 68.9 Å². The molecule has 1 aliphatic heterocycles. The van der Waals surface area contributed by atoms with E-state index in [1.165, 1.54) is 17.8 Å². The van der Waals surface area contributed by atoms with Gasteiger partial charge in [-0.25, -0.2) is 4.79 Å². The van der Waals surface area contributed by atoms with Gasteiger partial charge in [-0.15, -0.1) is 0 Å². The van der Waals surface area contributed by atoms with Crippen LogP contribution in [-0.4, -0.2) is 62.1 Å². The number of aromatic amines is 1. The molecule has 1 fully saturated rings. The molecule has 5 rings (SSSR count). The van der Waals surface area contributed by atoms with Crippen molar-refractivity contribution in [1.82, 2.24) is 9.55 Å². The van der Waals surface area contributed by atoms with Crippen LogP contribution in [0.25, 0.3) is 0 Å². The van der Waals surface area contributed by atoms with Crippen LogP contribution in [0.2, 0.25) is 18.1 Å². The second kappa shape index (κ2) is 13.8. The fraction of sp³-hybridized carbons (Fsp3) is 0.405. The van der Waals surface area contributed by atoms with E-state index in [0.29, 0.717) is 11.5 Å². The van der Waals surface area contributed by atoms with Crippen LogP contribution in [0.5, 0.6) is 11.5 Å². The number of hydrogen-bond acceptors (Lipinski definition) is 8. The number of ether oxygens (including phenoxy) is 4. The lowest BCUT2D eigenvalue weighted by molar-refractivity contribution is -0.0811. The number of H-pyrrole nitrogens is 1. The molecule has 0 saturated carbocycles. The van der Waals surface area contributed by atoms with E-state index < -0.39 is 49.6 Å². The highest BCUT2D eigenvalue weighted by molar-refractivity contribution is 6.74. The van der Waals surface area contributed by atoms with Gasteiger partial charge in [-0.1, -0.05) is 75.4 Å². The summed E-state index contributed by atoms with van der Waals surface area (Å²) in [7, 11) is 2.31. The number of aryl methyl sites for hydroxylation is 1. The molecule has 1 aliphatic rings. The second-order valence-corrected chi connectivity index (χ2v) is 18.5. The SMILES string of the molecule is COc1ccc(C(OC[C@H]2O[C@@H](c3cn(C)c(=O)[nH]c3=O)[C@H](O)[C@@H]2O[Si](C)(C)C(C)(C)C)(c2ccccc2)c2ccc(OC)cc2)cc1. The van der Waals surface area contributed by atoms with Crippen LogP contribution in [0.3, 0.4) is 0 Å². The summed E-state index contributed by atoms with van der Waals surface area (Å²) in [5, 5.41) is 11.7. The second-order valence-electron chi connectivity index (χ2n) is 13.7. The molecule has 256 valence electrons. The topological polar surface area (TPSA) is 121 Å². The molecule has 48 heavy (non-hydrogen) atoms. The van der Waals surface area contributed by atoms with Crippen molar-refractivity contribution >= 4 is 8.32 Å². The maximum absolute atomic E-state index is 13.0. The highest BCUT2D eigenvalue weighted by Crippen LogP contribution is 2.45. The summed E-state index contributed by atoms with van der Waals surface area (Å²) in [6, 6.07) is 25.3. The van der Waals surface area contributed by atoms with Gasteiger partial charge in [0.1, 0.15) is 41.5 Å². The third-order valence-electron chi connectivity index (χ3n) is 9.65. The summed E-state index contributed by atoms with van der Waals surface area (Å²) >= 11 is 0. The van der Waals surface area contributed by atoms with Crippen LogP contribution in [0.4, 0.5) is 0 Å². The standard InChI is InChI=1S/C37H46N2O8Si/c1-36(2,3)48(7,8)47-33-30(46-32(31(33)40)29-22-39(4)35(42)38-34(29)41)23-45-37(24-12-10-9-11-13-24,25-14-18-27(43-5)19-15-25)26-16-20-28(44-6)21-17-26/h9-22,30-33,40H,23H2,1-8H3,(H,38,41,42)/t30-,31+,32+,33-/m1/s1. The zero-order valence-corrected chi connectivity index (χ0v) is 29.9. The lowest BCUT2D eigenvalue weighted by Crippen LogP contribution is -2.50. The first kappa shape index (κ1) is 35.3. The Hall–Kier alpha value is -4.00. The maximum Gasteiger partial charge on any atom is 0.328 e. The van der Waals surface area contributed by atoms with E-state index in [1.807, 2.05) is 78.9 Å². The van der Waals surface area contributed by atoms with E-state index in [9.17, 15) is 14.7 Å². The van der Waals surface area contributed by atoms with Crippen molar-refractivity contribution in [3.8, 4) is 11.5 Å². The van der Waals surface area contributed by atoms with Gasteiger partial charge in [0, 0.05) is 13.2 Å². The first-order valence-electron chi connectivity index (χ1n) is 16.0. The Balaban J connectivity index is 1.63. The van der Waals surface area contributed by atoms with Crippen molar-refractivity contribution in [2.75, 3.05) is 20.8 Å². The molecule has 0 radical (unpaired) electrons. The summed E-state index contributed by atoms with van der Waals surface area (Å²) in [6.45, 7) is 10.6. The first-order chi connectivity index (χ1) is 22.7. The highest BCUT2D eigenvalue weighted by Gasteiger charge is 2.52. The van der Waals surface area contributed by atoms with Gasteiger partial charge >= 0.3 is 5.69 Å². The number of nitrogens with one attached hydrogen (secondary N) is 1. The van der Waals surface area contributed by atoms with Crippen LogP contribution >= 0.6 is 0 Å². The lowest BCUT2D eigenvalue weighted by atomic mass is 9.80. The monoisotopic (exact) mass is 674 g/mol. The van der Waals surface area contributed by atoms with E-state index >= 15 is 0 Å². The van der Waals surface area contributed by atoms with Crippen LogP contribution in [0.15, 0.2) is 94.6 Å². The Morgan fingerprint density at radius 1 is 0.854 bits per heavy atom. The third kappa shape index (κ3) is 6.78. The van der Waals surface area contributed by atoms with Gasteiger partial charge in [-0.3, -0.25) is 9.78 Å². The predicted molar refractivity (Wildman–Crippen MR) is 186 cm³/mol. The van der Waals surface area contributed by atoms with E-state index in [1.54, 1.807) is 14.2 Å². The number of benzene rings is 3. The van der Waals surface area contributed by atoms with Crippen LogP contribution in [0.1, 0.15) is 49.1 Å². The third-order valence-corrected chi connectivity index (χ3v) is 14.1. The fourth-order valence-electron chi connectivity index (χ4n) is 5.86. The number of aromatic nitrogens is 2. The molecule has 11 heteroatoms. The number of rotatable bonds is 11. The molecule has 0 spiro atoms. The van der Waals surface area contributed by atoms with Gasteiger partial charge in [0.05, 0.1) is 26.4 Å². The minimum absolute atomic E-state index is 0.0104. The van der Waals surface area contributed by atoms with Crippen molar-refractivity contribution in [3.05, 3.63) is 128 Å². The Bertz CT molecular complexity index is 1750. The van der Waals surface area contributed by atoms with E-state index in [2.05, 4.69) is 38.8 Å². The lowest BCUT2D eigenvalue weighted by Gasteiger charge is -2.41. The summed E-state index contributed by atoms with van der Waals surface area (Å²) in [5.74, 6) is 1.40. The Kier molecular flexibility index (Phi) is 10.2. The van der Waals surface area contributed by atoms with E-state index in [-0.39, 0.29) is 17.2 Å². The molecular formula is C37H46N2O8Si. The molecule has 1 saturated heterocycles. The molecule has 2 heterocycles. The molecule has 0 bridgehead atoms. The molecule has 0 aliphatic carbocycles. The van der Waals surface area contributed by atoms with E-state index in [0.717, 1.165) is 16.7 Å². The Morgan fingerprint density at radius 2 is 1.38 bits per heavy atom. The minimum atomic E-state index is -2.47. The average molecular weight is 675 g/mol. The van der Waals surface area contributed by atoms with Crippen LogP contribution in [0, 0.1) is 0 Å². The van der Waals surface area contributed by atoms with Gasteiger partial charge < -0.3 is 33.0 Å². The van der Waals surface area contributed by atoms with Gasteiger partial charge in [0.15, 0.2) is 8.32 Å². The predicted octanol–water partition coefficient (Wildman–Crippen LogP) is 5.29. The Labute approximate surface area is 282 Å². The van der Waals surface area contributed by atoms with Crippen LogP contribution in [-0.2, 0) is 26.5 Å². The van der Waals surface area contributed by atoms with Gasteiger partial charge in [-0.2, -0.15) is 0 Å². The highest BCUT2D eigenvalue weighted by atomic mass is 28.4. The van der Waals surface area contributed by atoms with Gasteiger partial charge in [0.25, 0.3) is 5.56 Å². The van der Waals surface area contributed by atoms with Crippen molar-refractivity contribution < 1.29 is 28.5 Å². The molecule has 10 nitrogen and oxygen atoms in total. The number of nitrogens with zero attached hydrogens (tertiary/aromatic N) is 1. The summed E-state index contributed by atoms with van der Waals surface area (Å²) in [6.07, 6.45) is -2.47. The number of methoxy groups -OCH3 is 2. The van der Waals surface area contributed by atoms with Crippen molar-refractivity contribution in [2.24, 2.45) is 7.05 Å². The van der Waals surface area contributed by atoms with Crippen LogP contribution < -0.4 is 20.7 Å². The van der Waals surface area contributed by atoms with Crippen molar-refractivity contribution in [3.63, 3.8) is 0 Å². The molecule has 4 atom stereocenters. The number of hydrogen-bond donors (Lipinski definition) is 2. The minimum Gasteiger partial charge on any atom is -0.497 e. The maximum atomic E-state index is 13.0. The zero-order chi connectivity index (χ0) is 34.9. The van der Waals surface area contributed by atoms with Crippen molar-refractivity contribution in [1.29, 1.82) is 0 Å². The van der Waals surface area contributed by atoms with Gasteiger partial charge in [0.2, 0.25) is 0 Å². The largest absolute Gasteiger partial charge is 0.497 e. The summed E-state index contributed by atoms with van der Waals surface area (Å²) in [4.78, 5) is 27.5. The quantitative estimate of drug-likeness (QED) is 0.163. The first-order valence-corrected chi connectivity index (χ1v) is 18.9. The zero-order valence-electron chi connectivity index (χ0n) is 28.9. The molecule has 2 N–H and O–H groups in total. The fourth-order valence-corrected chi connectivity index (χ4v) is 7.19. The average Bonchev–Trinajstić information content (AvgIpc) is 3.37. The van der Waals surface area contributed by atoms with E-state index in [4.69, 9.17) is 23.4 Å². The molecule has 0 unspecified atom stereocenters. The molecule has 1 aromatic heterocycles. The molecular weight excluding hydrogens is 628 g/mol. The smallest absolute Gasteiger partial charge is 0.328 e. The number of aliphatic hydroxyl groups is 1. The molecule has 3 aromatic carbocycles. The molecule has 4 aromatic rings. The Morgan fingerprint density at radius 3 is 1.88 bits per heavy atom. The normalized spacial score (nSPS) is 20.1. The molecule has 0 amide bonds. The summed E-state index contributed by atoms with van der Waals surface area (Å²) in [5.41, 5.74) is 0.364. The summed E-state index contributed by atoms with van der Waals surface area (Å²) < 4.78 is 32.7.